The van der Waals surface area contributed by atoms with Crippen molar-refractivity contribution in [2.24, 2.45) is 7.05 Å². The van der Waals surface area contributed by atoms with Crippen molar-refractivity contribution in [2.75, 3.05) is 29.9 Å². The molecule has 0 saturated carbocycles. The highest BCUT2D eigenvalue weighted by atomic mass is 32.2. The molecule has 0 spiro atoms. The van der Waals surface area contributed by atoms with Crippen LogP contribution in [0.1, 0.15) is 0 Å². The quantitative estimate of drug-likeness (QED) is 0.341. The van der Waals surface area contributed by atoms with Gasteiger partial charge in [-0.2, -0.15) is 0 Å². The monoisotopic (exact) mass is 213 g/mol. The maximum atomic E-state index is 5.81. The maximum Gasteiger partial charge on any atom is 0.300 e. The van der Waals surface area contributed by atoms with E-state index in [9.17, 15) is 0 Å². The average Bonchev–Trinajstić information content (AvgIpc) is 2.54. The van der Waals surface area contributed by atoms with E-state index in [2.05, 4.69) is 15.8 Å². The van der Waals surface area contributed by atoms with Gasteiger partial charge in [-0.25, -0.2) is 9.99 Å². The Bertz CT molecular complexity index is 379. The molecule has 0 unspecified atom stereocenters. The Labute approximate surface area is 86.4 Å². The molecule has 2 heterocycles. The second kappa shape index (κ2) is 3.18. The molecule has 1 aromatic rings. The van der Waals surface area contributed by atoms with E-state index in [1.165, 1.54) is 0 Å². The lowest BCUT2D eigenvalue weighted by Gasteiger charge is -2.03. The minimum atomic E-state index is 0.513. The van der Waals surface area contributed by atoms with E-state index in [1.807, 2.05) is 24.9 Å². The Kier molecular flexibility index (Phi) is 2.12. The molecule has 0 aliphatic carbocycles. The molecular formula is C7H13N6S+. The fourth-order valence-electron chi connectivity index (χ4n) is 1.40. The number of rotatable bonds is 1. The number of nitrogens with two attached hydrogens (primary N) is 1. The number of fused-ring (bicyclic) bond motifs is 1. The van der Waals surface area contributed by atoms with Crippen LogP contribution in [0, 0.1) is 0 Å². The van der Waals surface area contributed by atoms with E-state index >= 15 is 0 Å². The second-order valence-corrected chi connectivity index (χ2v) is 3.82. The van der Waals surface area contributed by atoms with Crippen LogP contribution in [-0.4, -0.2) is 23.4 Å². The predicted octanol–water partition coefficient (Wildman–Crippen LogP) is -0.191. The summed E-state index contributed by atoms with van der Waals surface area (Å²) in [5.74, 6) is 1.45. The van der Waals surface area contributed by atoms with Gasteiger partial charge in [0.15, 0.2) is 5.69 Å². The summed E-state index contributed by atoms with van der Waals surface area (Å²) in [6, 6.07) is 0. The van der Waals surface area contributed by atoms with Gasteiger partial charge in [0, 0.05) is 7.05 Å². The molecule has 0 fully saturated rings. The molecule has 0 aromatic carbocycles. The van der Waals surface area contributed by atoms with Gasteiger partial charge < -0.3 is 5.73 Å². The Morgan fingerprint density at radius 2 is 2.21 bits per heavy atom. The van der Waals surface area contributed by atoms with Gasteiger partial charge in [0.2, 0.25) is 5.82 Å². The number of nitrogen functional groups attached to an aromatic ring is 1. The first-order valence-electron chi connectivity index (χ1n) is 4.14. The van der Waals surface area contributed by atoms with Gasteiger partial charge in [-0.3, -0.25) is 5.43 Å². The third-order valence-electron chi connectivity index (χ3n) is 2.07. The molecule has 1 aliphatic heterocycles. The van der Waals surface area contributed by atoms with Gasteiger partial charge in [0.05, 0.1) is 7.05 Å². The van der Waals surface area contributed by atoms with E-state index in [-0.39, 0.29) is 0 Å². The van der Waals surface area contributed by atoms with Crippen LogP contribution in [0.25, 0.3) is 0 Å². The summed E-state index contributed by atoms with van der Waals surface area (Å²) in [6.07, 6.45) is 1.97. The van der Waals surface area contributed by atoms with Crippen molar-refractivity contribution in [2.45, 2.75) is 5.16 Å². The van der Waals surface area contributed by atoms with Gasteiger partial charge >= 0.3 is 5.16 Å². The molecule has 14 heavy (non-hydrogen) atoms. The average molecular weight is 213 g/mol. The summed E-state index contributed by atoms with van der Waals surface area (Å²) < 4.78 is 1.97. The smallest absolute Gasteiger partial charge is 0.300 e. The first kappa shape index (κ1) is 9.35. The zero-order valence-corrected chi connectivity index (χ0v) is 9.14. The van der Waals surface area contributed by atoms with Crippen LogP contribution in [0.3, 0.4) is 0 Å². The van der Waals surface area contributed by atoms with Crippen LogP contribution in [-0.2, 0) is 7.05 Å². The van der Waals surface area contributed by atoms with Crippen molar-refractivity contribution in [3.63, 3.8) is 0 Å². The van der Waals surface area contributed by atoms with Crippen molar-refractivity contribution in [3.05, 3.63) is 0 Å². The first-order valence-corrected chi connectivity index (χ1v) is 5.36. The number of nitrogens with one attached hydrogen (secondary N) is 2. The highest BCUT2D eigenvalue weighted by molar-refractivity contribution is 7.98. The van der Waals surface area contributed by atoms with E-state index in [0.717, 1.165) is 16.7 Å². The molecule has 4 N–H and O–H groups in total. The number of hydrogen-bond acceptors (Lipinski definition) is 6. The lowest BCUT2D eigenvalue weighted by atomic mass is 10.4. The summed E-state index contributed by atoms with van der Waals surface area (Å²) in [4.78, 5) is 4.27. The first-order chi connectivity index (χ1) is 6.63. The molecule has 1 aromatic heterocycles. The highest BCUT2D eigenvalue weighted by Crippen LogP contribution is 2.29. The molecule has 0 saturated heterocycles. The van der Waals surface area contributed by atoms with E-state index in [4.69, 9.17) is 5.73 Å². The molecule has 0 amide bonds. The third kappa shape index (κ3) is 1.25. The van der Waals surface area contributed by atoms with Crippen LogP contribution in [0.2, 0.25) is 0 Å². The van der Waals surface area contributed by atoms with Gasteiger partial charge in [-0.1, -0.05) is 21.9 Å². The van der Waals surface area contributed by atoms with Crippen LogP contribution >= 0.6 is 11.8 Å². The molecule has 0 bridgehead atoms. The zero-order valence-electron chi connectivity index (χ0n) is 8.33. The largest absolute Gasteiger partial charge is 0.368 e. The molecule has 76 valence electrons. The maximum absolute atomic E-state index is 5.81. The number of anilines is 3. The summed E-state index contributed by atoms with van der Waals surface area (Å²) >= 11 is 1.56. The molecule has 2 rings (SSSR count). The Morgan fingerprint density at radius 3 is 2.86 bits per heavy atom. The second-order valence-electron chi connectivity index (χ2n) is 3.05. The van der Waals surface area contributed by atoms with Gasteiger partial charge in [0.1, 0.15) is 0 Å². The molecular weight excluding hydrogens is 200 g/mol. The van der Waals surface area contributed by atoms with Crippen molar-refractivity contribution in [1.29, 1.82) is 0 Å². The Balaban J connectivity index is 2.58. The third-order valence-corrected chi connectivity index (χ3v) is 2.80. The van der Waals surface area contributed by atoms with E-state index in [0.29, 0.717) is 5.82 Å². The minimum Gasteiger partial charge on any atom is -0.368 e. The molecule has 6 nitrogen and oxygen atoms in total. The topological polar surface area (TPSA) is 70.1 Å². The number of thioether (sulfide) groups is 1. The van der Waals surface area contributed by atoms with Crippen molar-refractivity contribution < 1.29 is 4.57 Å². The van der Waals surface area contributed by atoms with Crippen LogP contribution in [0.4, 0.5) is 17.3 Å². The standard InChI is InChI=1S/C7H12N6S/c1-12-6-4(10-13(2)11-6)5(8)9-7(12)14-3/h10H,1-3H3,(H2,8,11)/p+1. The number of aromatic nitrogens is 2. The number of hydrogen-bond donors (Lipinski definition) is 3. The fraction of sp³-hybridized carbons (Fsp3) is 0.429. The Hall–Kier alpha value is -1.21. The lowest BCUT2D eigenvalue weighted by molar-refractivity contribution is -0.698. The van der Waals surface area contributed by atoms with E-state index < -0.39 is 0 Å². The van der Waals surface area contributed by atoms with Gasteiger partial charge in [-0.05, 0) is 6.26 Å². The summed E-state index contributed by atoms with van der Waals surface area (Å²) in [7, 11) is 3.82. The number of hydrazine groups is 2. The predicted molar refractivity (Wildman–Crippen MR) is 56.6 cm³/mol. The van der Waals surface area contributed by atoms with Crippen LogP contribution in [0.5, 0.6) is 0 Å². The fourth-order valence-corrected chi connectivity index (χ4v) is 1.95. The molecule has 7 heteroatoms. The summed E-state index contributed by atoms with van der Waals surface area (Å²) in [5.41, 5.74) is 12.8. The minimum absolute atomic E-state index is 0.513. The number of nitrogens with zero attached hydrogens (tertiary/aromatic N) is 3. The summed E-state index contributed by atoms with van der Waals surface area (Å²) in [5, 5.41) is 2.62. The van der Waals surface area contributed by atoms with Crippen molar-refractivity contribution >= 4 is 29.1 Å². The SMILES string of the molecule is CSc1nc(N)c2c([n+]1C)NN(C)N2. The molecule has 0 atom stereocenters. The summed E-state index contributed by atoms with van der Waals surface area (Å²) in [6.45, 7) is 0. The van der Waals surface area contributed by atoms with Crippen molar-refractivity contribution in [1.82, 2.24) is 10.1 Å². The van der Waals surface area contributed by atoms with Crippen LogP contribution in [0.15, 0.2) is 5.16 Å². The normalized spacial score (nSPS) is 14.8. The molecule has 1 aliphatic rings. The lowest BCUT2D eigenvalue weighted by Crippen LogP contribution is -2.36. The Morgan fingerprint density at radius 1 is 1.50 bits per heavy atom. The van der Waals surface area contributed by atoms with E-state index in [1.54, 1.807) is 16.9 Å². The van der Waals surface area contributed by atoms with Crippen LogP contribution < -0.4 is 21.2 Å². The highest BCUT2D eigenvalue weighted by Gasteiger charge is 2.29. The van der Waals surface area contributed by atoms with Gasteiger partial charge in [0.25, 0.3) is 5.82 Å². The van der Waals surface area contributed by atoms with Crippen molar-refractivity contribution in [3.8, 4) is 0 Å². The van der Waals surface area contributed by atoms with Gasteiger partial charge in [-0.15, -0.1) is 0 Å². The molecule has 0 radical (unpaired) electrons. The zero-order chi connectivity index (χ0) is 10.3.